The number of hydrogen-bond acceptors (Lipinski definition) is 3. The van der Waals surface area contributed by atoms with Crippen molar-refractivity contribution in [1.82, 2.24) is 10.6 Å². The number of aliphatic carboxylic acids is 1. The van der Waals surface area contributed by atoms with Crippen LogP contribution in [0.1, 0.15) is 19.3 Å². The molecule has 0 bridgehead atoms. The van der Waals surface area contributed by atoms with Crippen LogP contribution < -0.4 is 10.6 Å². The van der Waals surface area contributed by atoms with E-state index in [0.29, 0.717) is 6.54 Å². The molecule has 2 aliphatic rings. The Balaban J connectivity index is 1.67. The van der Waals surface area contributed by atoms with Crippen molar-refractivity contribution in [3.05, 3.63) is 0 Å². The van der Waals surface area contributed by atoms with Crippen LogP contribution in [0.25, 0.3) is 0 Å². The van der Waals surface area contributed by atoms with Crippen molar-refractivity contribution < 1.29 is 19.4 Å². The first-order valence-corrected chi connectivity index (χ1v) is 6.01. The standard InChI is InChI=1S/C11H18N2O4/c14-10(15)8-5-17-6-9(8)13-11(16)12-4-3-7-1-2-7/h7-9H,1-6H2,(H,14,15)(H2,12,13,16). The highest BCUT2D eigenvalue weighted by Gasteiger charge is 2.35. The predicted molar refractivity (Wildman–Crippen MR) is 59.6 cm³/mol. The lowest BCUT2D eigenvalue weighted by Gasteiger charge is -2.16. The molecule has 2 amide bonds. The number of nitrogens with one attached hydrogen (secondary N) is 2. The van der Waals surface area contributed by atoms with Gasteiger partial charge in [0.2, 0.25) is 0 Å². The van der Waals surface area contributed by atoms with Crippen molar-refractivity contribution in [3.8, 4) is 0 Å². The van der Waals surface area contributed by atoms with Crippen molar-refractivity contribution in [3.63, 3.8) is 0 Å². The van der Waals surface area contributed by atoms with Crippen molar-refractivity contribution >= 4 is 12.0 Å². The molecule has 0 spiro atoms. The van der Waals surface area contributed by atoms with Gasteiger partial charge in [-0.05, 0) is 12.3 Å². The number of carboxylic acids is 1. The van der Waals surface area contributed by atoms with Crippen molar-refractivity contribution in [2.24, 2.45) is 11.8 Å². The average Bonchev–Trinajstić information content (AvgIpc) is 2.96. The van der Waals surface area contributed by atoms with Gasteiger partial charge in [-0.1, -0.05) is 12.8 Å². The van der Waals surface area contributed by atoms with Gasteiger partial charge < -0.3 is 20.5 Å². The van der Waals surface area contributed by atoms with Crippen LogP contribution >= 0.6 is 0 Å². The summed E-state index contributed by atoms with van der Waals surface area (Å²) < 4.78 is 5.06. The number of amides is 2. The highest BCUT2D eigenvalue weighted by molar-refractivity contribution is 5.77. The van der Waals surface area contributed by atoms with Crippen LogP contribution in [0.2, 0.25) is 0 Å². The maximum atomic E-state index is 11.5. The Hall–Kier alpha value is -1.30. The summed E-state index contributed by atoms with van der Waals surface area (Å²) in [5.74, 6) is -0.785. The largest absolute Gasteiger partial charge is 0.481 e. The molecule has 96 valence electrons. The van der Waals surface area contributed by atoms with Crippen molar-refractivity contribution in [2.75, 3.05) is 19.8 Å². The van der Waals surface area contributed by atoms with E-state index >= 15 is 0 Å². The average molecular weight is 242 g/mol. The Labute approximate surface area is 99.7 Å². The van der Waals surface area contributed by atoms with Gasteiger partial charge >= 0.3 is 12.0 Å². The quantitative estimate of drug-likeness (QED) is 0.642. The van der Waals surface area contributed by atoms with Gasteiger partial charge in [0.15, 0.2) is 0 Å². The van der Waals surface area contributed by atoms with E-state index in [0.717, 1.165) is 12.3 Å². The fourth-order valence-corrected chi connectivity index (χ4v) is 1.96. The minimum Gasteiger partial charge on any atom is -0.481 e. The van der Waals surface area contributed by atoms with Crippen molar-refractivity contribution in [2.45, 2.75) is 25.3 Å². The van der Waals surface area contributed by atoms with Gasteiger partial charge in [0.1, 0.15) is 5.92 Å². The molecule has 1 aliphatic heterocycles. The molecule has 6 heteroatoms. The molecule has 0 radical (unpaired) electrons. The summed E-state index contributed by atoms with van der Waals surface area (Å²) in [4.78, 5) is 22.4. The first kappa shape index (κ1) is 12.2. The summed E-state index contributed by atoms with van der Waals surface area (Å²) >= 11 is 0. The predicted octanol–water partition coefficient (Wildman–Crippen LogP) is 0.185. The number of rotatable bonds is 5. The monoisotopic (exact) mass is 242 g/mol. The number of ether oxygens (including phenoxy) is 1. The molecular weight excluding hydrogens is 224 g/mol. The van der Waals surface area contributed by atoms with Crippen LogP contribution in [-0.4, -0.2) is 42.9 Å². The second kappa shape index (κ2) is 5.35. The van der Waals surface area contributed by atoms with E-state index in [1.165, 1.54) is 12.8 Å². The van der Waals surface area contributed by atoms with Gasteiger partial charge in [0.25, 0.3) is 0 Å². The first-order valence-electron chi connectivity index (χ1n) is 6.01. The number of carbonyl (C=O) groups is 2. The second-order valence-electron chi connectivity index (χ2n) is 4.72. The molecule has 0 aromatic rings. The summed E-state index contributed by atoms with van der Waals surface area (Å²) in [5, 5.41) is 14.3. The van der Waals surface area contributed by atoms with Gasteiger partial charge in [-0.25, -0.2) is 4.79 Å². The third-order valence-electron chi connectivity index (χ3n) is 3.25. The fraction of sp³-hybridized carbons (Fsp3) is 0.818. The van der Waals surface area contributed by atoms with Gasteiger partial charge in [-0.3, -0.25) is 4.79 Å². The molecule has 6 nitrogen and oxygen atoms in total. The maximum Gasteiger partial charge on any atom is 0.315 e. The summed E-state index contributed by atoms with van der Waals surface area (Å²) in [6.07, 6.45) is 3.54. The molecule has 1 heterocycles. The summed E-state index contributed by atoms with van der Waals surface area (Å²) in [5.41, 5.74) is 0. The zero-order valence-electron chi connectivity index (χ0n) is 9.65. The summed E-state index contributed by atoms with van der Waals surface area (Å²) in [7, 11) is 0. The van der Waals surface area contributed by atoms with E-state index in [2.05, 4.69) is 10.6 Å². The van der Waals surface area contributed by atoms with Crippen LogP contribution in [0.15, 0.2) is 0 Å². The van der Waals surface area contributed by atoms with Crippen LogP contribution in [0.3, 0.4) is 0 Å². The summed E-state index contributed by atoms with van der Waals surface area (Å²) in [6.45, 7) is 1.09. The molecule has 1 saturated carbocycles. The molecule has 2 fully saturated rings. The van der Waals surface area contributed by atoms with Crippen LogP contribution in [0, 0.1) is 11.8 Å². The zero-order chi connectivity index (χ0) is 12.3. The van der Waals surface area contributed by atoms with Gasteiger partial charge in [0.05, 0.1) is 19.3 Å². The van der Waals surface area contributed by atoms with Gasteiger partial charge in [0, 0.05) is 6.54 Å². The summed E-state index contributed by atoms with van der Waals surface area (Å²) in [6, 6.07) is -0.721. The molecule has 2 rings (SSSR count). The topological polar surface area (TPSA) is 87.7 Å². The van der Waals surface area contributed by atoms with Crippen molar-refractivity contribution in [1.29, 1.82) is 0 Å². The fourth-order valence-electron chi connectivity index (χ4n) is 1.96. The van der Waals surface area contributed by atoms with E-state index in [1.807, 2.05) is 0 Å². The second-order valence-corrected chi connectivity index (χ2v) is 4.72. The van der Waals surface area contributed by atoms with Gasteiger partial charge in [-0.2, -0.15) is 0 Å². The SMILES string of the molecule is O=C(NCCC1CC1)NC1COCC1C(=O)O. The normalized spacial score (nSPS) is 27.8. The number of carboxylic acid groups (broad SMARTS) is 1. The lowest BCUT2D eigenvalue weighted by atomic mass is 10.0. The number of hydrogen-bond donors (Lipinski definition) is 3. The molecule has 2 atom stereocenters. The van der Waals surface area contributed by atoms with Crippen LogP contribution in [0.5, 0.6) is 0 Å². The van der Waals surface area contributed by atoms with E-state index < -0.39 is 17.9 Å². The van der Waals surface area contributed by atoms with E-state index in [-0.39, 0.29) is 19.2 Å². The first-order chi connectivity index (χ1) is 8.16. The molecule has 0 aromatic carbocycles. The Kier molecular flexibility index (Phi) is 3.83. The van der Waals surface area contributed by atoms with E-state index in [9.17, 15) is 9.59 Å². The molecule has 1 aliphatic carbocycles. The smallest absolute Gasteiger partial charge is 0.315 e. The molecule has 17 heavy (non-hydrogen) atoms. The van der Waals surface area contributed by atoms with E-state index in [1.54, 1.807) is 0 Å². The minimum absolute atomic E-state index is 0.169. The number of carbonyl (C=O) groups excluding carboxylic acids is 1. The zero-order valence-corrected chi connectivity index (χ0v) is 9.65. The molecule has 0 aromatic heterocycles. The third-order valence-corrected chi connectivity index (χ3v) is 3.25. The lowest BCUT2D eigenvalue weighted by molar-refractivity contribution is -0.142. The molecule has 2 unspecified atom stereocenters. The van der Waals surface area contributed by atoms with Crippen LogP contribution in [-0.2, 0) is 9.53 Å². The lowest BCUT2D eigenvalue weighted by Crippen LogP contribution is -2.47. The highest BCUT2D eigenvalue weighted by atomic mass is 16.5. The Bertz CT molecular complexity index is 304. The molecule has 3 N–H and O–H groups in total. The highest BCUT2D eigenvalue weighted by Crippen LogP contribution is 2.31. The third kappa shape index (κ3) is 3.59. The Morgan fingerprint density at radius 1 is 1.29 bits per heavy atom. The number of urea groups is 1. The molecule has 1 saturated heterocycles. The minimum atomic E-state index is -0.925. The molecular formula is C11H18N2O4. The maximum absolute atomic E-state index is 11.5. The van der Waals surface area contributed by atoms with Gasteiger partial charge in [-0.15, -0.1) is 0 Å². The van der Waals surface area contributed by atoms with E-state index in [4.69, 9.17) is 9.84 Å². The van der Waals surface area contributed by atoms with Crippen LogP contribution in [0.4, 0.5) is 4.79 Å². The Morgan fingerprint density at radius 3 is 2.71 bits per heavy atom. The Morgan fingerprint density at radius 2 is 2.06 bits per heavy atom.